The first-order chi connectivity index (χ1) is 12.1. The molecule has 2 aromatic carbocycles. The first kappa shape index (κ1) is 19.1. The second-order valence-corrected chi connectivity index (χ2v) is 6.37. The molecule has 0 aliphatic rings. The van der Waals surface area contributed by atoms with E-state index in [9.17, 15) is 9.59 Å². The Balaban J connectivity index is 1.87. The molecule has 0 unspecified atom stereocenters. The van der Waals surface area contributed by atoms with E-state index in [0.717, 1.165) is 15.6 Å². The lowest BCUT2D eigenvalue weighted by molar-refractivity contribution is -0.145. The summed E-state index contributed by atoms with van der Waals surface area (Å²) in [5.74, 6) is -0.849. The Morgan fingerprint density at radius 2 is 1.80 bits per heavy atom. The number of carbonyl (C=O) groups is 2. The maximum atomic E-state index is 12.1. The normalized spacial score (nSPS) is 11.6. The fourth-order valence-corrected chi connectivity index (χ4v) is 2.75. The molecule has 0 spiro atoms. The smallest absolute Gasteiger partial charge is 0.328 e. The maximum Gasteiger partial charge on any atom is 0.328 e. The Bertz CT molecular complexity index is 706. The largest absolute Gasteiger partial charge is 0.467 e. The van der Waals surface area contributed by atoms with E-state index < -0.39 is 12.0 Å². The molecule has 0 aliphatic carbocycles. The second kappa shape index (κ2) is 9.96. The molecule has 132 valence electrons. The molecule has 0 aromatic heterocycles. The van der Waals surface area contributed by atoms with Gasteiger partial charge in [-0.1, -0.05) is 58.4 Å². The van der Waals surface area contributed by atoms with Crippen LogP contribution in [-0.4, -0.2) is 31.6 Å². The minimum atomic E-state index is -0.757. The predicted octanol–water partition coefficient (Wildman–Crippen LogP) is 2.87. The fourth-order valence-electron chi connectivity index (χ4n) is 2.31. The van der Waals surface area contributed by atoms with Crippen LogP contribution in [0.3, 0.4) is 0 Å². The molecule has 5 nitrogen and oxygen atoms in total. The van der Waals surface area contributed by atoms with Crippen molar-refractivity contribution in [2.75, 3.05) is 13.7 Å². The molecule has 2 rings (SSSR count). The first-order valence-corrected chi connectivity index (χ1v) is 8.61. The molecular weight excluding hydrogens is 386 g/mol. The minimum absolute atomic E-state index is 0.124. The van der Waals surface area contributed by atoms with Gasteiger partial charge in [0.15, 0.2) is 0 Å². The third kappa shape index (κ3) is 6.68. The van der Waals surface area contributed by atoms with Gasteiger partial charge in [0.05, 0.1) is 13.7 Å². The van der Waals surface area contributed by atoms with E-state index in [2.05, 4.69) is 21.2 Å². The van der Waals surface area contributed by atoms with Gasteiger partial charge >= 0.3 is 5.97 Å². The number of carbonyl (C=O) groups excluding carboxylic acids is 2. The van der Waals surface area contributed by atoms with Crippen LogP contribution in [0.5, 0.6) is 0 Å². The topological polar surface area (TPSA) is 64.6 Å². The average molecular weight is 406 g/mol. The van der Waals surface area contributed by atoms with Crippen LogP contribution in [0.2, 0.25) is 0 Å². The van der Waals surface area contributed by atoms with Crippen LogP contribution in [0.15, 0.2) is 59.1 Å². The molecule has 0 bridgehead atoms. The van der Waals surface area contributed by atoms with Gasteiger partial charge in [0.25, 0.3) is 0 Å². The summed E-state index contributed by atoms with van der Waals surface area (Å²) >= 11 is 3.39. The van der Waals surface area contributed by atoms with E-state index in [4.69, 9.17) is 9.47 Å². The van der Waals surface area contributed by atoms with E-state index in [1.165, 1.54) is 7.11 Å². The van der Waals surface area contributed by atoms with Gasteiger partial charge in [-0.3, -0.25) is 4.79 Å². The standard InChI is InChI=1S/C19H20BrNO4/c1-24-19(23)17(11-15-8-5-9-16(20)10-15)21-18(22)13-25-12-14-6-3-2-4-7-14/h2-10,17H,11-13H2,1H3,(H,21,22)/t17-/m0/s1. The van der Waals surface area contributed by atoms with Crippen molar-refractivity contribution in [1.29, 1.82) is 0 Å². The lowest BCUT2D eigenvalue weighted by Gasteiger charge is -2.17. The SMILES string of the molecule is COC(=O)[C@H](Cc1cccc(Br)c1)NC(=O)COCc1ccccc1. The predicted molar refractivity (Wildman–Crippen MR) is 97.9 cm³/mol. The van der Waals surface area contributed by atoms with E-state index in [0.29, 0.717) is 13.0 Å². The second-order valence-electron chi connectivity index (χ2n) is 5.46. The Hall–Kier alpha value is -2.18. The van der Waals surface area contributed by atoms with E-state index in [1.54, 1.807) is 0 Å². The van der Waals surface area contributed by atoms with E-state index in [1.807, 2.05) is 54.6 Å². The zero-order chi connectivity index (χ0) is 18.1. The Kier molecular flexibility index (Phi) is 7.63. The third-order valence-electron chi connectivity index (χ3n) is 3.49. The number of hydrogen-bond acceptors (Lipinski definition) is 4. The number of rotatable bonds is 8. The Labute approximate surface area is 155 Å². The van der Waals surface area contributed by atoms with Crippen LogP contribution in [0, 0.1) is 0 Å². The summed E-state index contributed by atoms with van der Waals surface area (Å²) < 4.78 is 11.1. The highest BCUT2D eigenvalue weighted by Gasteiger charge is 2.22. The molecule has 0 saturated heterocycles. The average Bonchev–Trinajstić information content (AvgIpc) is 2.61. The van der Waals surface area contributed by atoms with Gasteiger partial charge in [-0.15, -0.1) is 0 Å². The monoisotopic (exact) mass is 405 g/mol. The molecule has 0 radical (unpaired) electrons. The van der Waals surface area contributed by atoms with Gasteiger partial charge in [0, 0.05) is 10.9 Å². The number of methoxy groups -OCH3 is 1. The molecule has 25 heavy (non-hydrogen) atoms. The molecule has 0 saturated carbocycles. The number of esters is 1. The maximum absolute atomic E-state index is 12.1. The van der Waals surface area contributed by atoms with Gasteiger partial charge < -0.3 is 14.8 Å². The molecule has 1 N–H and O–H groups in total. The molecule has 1 amide bonds. The van der Waals surface area contributed by atoms with Crippen molar-refractivity contribution in [1.82, 2.24) is 5.32 Å². The summed E-state index contributed by atoms with van der Waals surface area (Å²) in [6.07, 6.45) is 0.344. The van der Waals surface area contributed by atoms with Gasteiger partial charge in [0.1, 0.15) is 12.6 Å². The van der Waals surface area contributed by atoms with Crippen molar-refractivity contribution in [2.24, 2.45) is 0 Å². The molecule has 1 atom stereocenters. The third-order valence-corrected chi connectivity index (χ3v) is 3.99. The summed E-state index contributed by atoms with van der Waals surface area (Å²) in [4.78, 5) is 24.0. The van der Waals surface area contributed by atoms with Crippen molar-refractivity contribution in [3.63, 3.8) is 0 Å². The summed E-state index contributed by atoms with van der Waals surface area (Å²) in [5.41, 5.74) is 1.89. The highest BCUT2D eigenvalue weighted by Crippen LogP contribution is 2.13. The van der Waals surface area contributed by atoms with E-state index in [-0.39, 0.29) is 12.5 Å². The minimum Gasteiger partial charge on any atom is -0.467 e. The van der Waals surface area contributed by atoms with Crippen LogP contribution in [0.1, 0.15) is 11.1 Å². The lowest BCUT2D eigenvalue weighted by Crippen LogP contribution is -2.44. The Morgan fingerprint density at radius 1 is 1.08 bits per heavy atom. The number of halogens is 1. The van der Waals surface area contributed by atoms with Crippen LogP contribution in [0.25, 0.3) is 0 Å². The summed E-state index contributed by atoms with van der Waals surface area (Å²) in [6.45, 7) is 0.212. The van der Waals surface area contributed by atoms with Gasteiger partial charge in [-0.25, -0.2) is 4.79 Å². The molecule has 0 fully saturated rings. The van der Waals surface area contributed by atoms with Crippen molar-refractivity contribution in [3.05, 3.63) is 70.2 Å². The summed E-state index contributed by atoms with van der Waals surface area (Å²) in [5, 5.41) is 2.67. The highest BCUT2D eigenvalue weighted by molar-refractivity contribution is 9.10. The molecule has 2 aromatic rings. The summed E-state index contributed by atoms with van der Waals surface area (Å²) in [7, 11) is 1.30. The van der Waals surface area contributed by atoms with E-state index >= 15 is 0 Å². The quantitative estimate of drug-likeness (QED) is 0.685. The van der Waals surface area contributed by atoms with Crippen molar-refractivity contribution < 1.29 is 19.1 Å². The van der Waals surface area contributed by atoms with Gasteiger partial charge in [-0.2, -0.15) is 0 Å². The first-order valence-electron chi connectivity index (χ1n) is 7.82. The molecule has 0 aliphatic heterocycles. The van der Waals surface area contributed by atoms with Crippen molar-refractivity contribution in [2.45, 2.75) is 19.1 Å². The van der Waals surface area contributed by atoms with Crippen LogP contribution in [0.4, 0.5) is 0 Å². The highest BCUT2D eigenvalue weighted by atomic mass is 79.9. The summed E-state index contributed by atoms with van der Waals surface area (Å²) in [6, 6.07) is 16.4. The van der Waals surface area contributed by atoms with Gasteiger partial charge in [0.2, 0.25) is 5.91 Å². The zero-order valence-electron chi connectivity index (χ0n) is 13.9. The molecule has 0 heterocycles. The van der Waals surface area contributed by atoms with Crippen LogP contribution < -0.4 is 5.32 Å². The number of ether oxygens (including phenoxy) is 2. The molecule has 6 heteroatoms. The van der Waals surface area contributed by atoms with Gasteiger partial charge in [-0.05, 0) is 23.3 Å². The number of amides is 1. The van der Waals surface area contributed by atoms with Crippen molar-refractivity contribution in [3.8, 4) is 0 Å². The zero-order valence-corrected chi connectivity index (χ0v) is 15.5. The number of benzene rings is 2. The number of nitrogens with one attached hydrogen (secondary N) is 1. The van der Waals surface area contributed by atoms with Crippen molar-refractivity contribution >= 4 is 27.8 Å². The fraction of sp³-hybridized carbons (Fsp3) is 0.263. The van der Waals surface area contributed by atoms with Crippen LogP contribution in [-0.2, 0) is 32.1 Å². The lowest BCUT2D eigenvalue weighted by atomic mass is 10.1. The Morgan fingerprint density at radius 3 is 2.48 bits per heavy atom. The van der Waals surface area contributed by atoms with Crippen LogP contribution >= 0.6 is 15.9 Å². The number of hydrogen-bond donors (Lipinski definition) is 1. The molecular formula is C19H20BrNO4.